The van der Waals surface area contributed by atoms with Crippen LogP contribution in [0.1, 0.15) is 13.8 Å². The highest BCUT2D eigenvalue weighted by Crippen LogP contribution is 2.10. The maximum atomic E-state index is 11.4. The minimum absolute atomic E-state index is 0.0131. The second-order valence-electron chi connectivity index (χ2n) is 4.00. The molecule has 0 aromatic rings. The fourth-order valence-electron chi connectivity index (χ4n) is 1.63. The lowest BCUT2D eigenvalue weighted by molar-refractivity contribution is -0.126. The number of ether oxygens (including phenoxy) is 1. The first kappa shape index (κ1) is 12.4. The fourth-order valence-corrected chi connectivity index (χ4v) is 1.63. The summed E-state index contributed by atoms with van der Waals surface area (Å²) in [5.74, 6) is -0.0370. The van der Waals surface area contributed by atoms with Crippen LogP contribution in [0.25, 0.3) is 0 Å². The Balaban J connectivity index is 2.31. The molecule has 88 valence electrons. The number of amides is 1. The molecule has 2 unspecified atom stereocenters. The number of morpholine rings is 1. The summed E-state index contributed by atoms with van der Waals surface area (Å²) in [7, 11) is 0. The summed E-state index contributed by atoms with van der Waals surface area (Å²) in [5.41, 5.74) is 0. The van der Waals surface area contributed by atoms with E-state index in [-0.39, 0.29) is 24.7 Å². The Morgan fingerprint density at radius 3 is 3.00 bits per heavy atom. The minimum atomic E-state index is -0.0370. The first-order valence-electron chi connectivity index (χ1n) is 5.36. The lowest BCUT2D eigenvalue weighted by Crippen LogP contribution is -2.51. The predicted molar refractivity (Wildman–Crippen MR) is 56.5 cm³/mol. The molecule has 2 N–H and O–H groups in total. The highest BCUT2D eigenvalue weighted by molar-refractivity contribution is 5.78. The topological polar surface area (TPSA) is 61.8 Å². The third-order valence-corrected chi connectivity index (χ3v) is 2.52. The molecule has 1 saturated heterocycles. The summed E-state index contributed by atoms with van der Waals surface area (Å²) in [5, 5.41) is 11.2. The van der Waals surface area contributed by atoms with Gasteiger partial charge >= 0.3 is 0 Å². The Morgan fingerprint density at radius 1 is 1.60 bits per heavy atom. The molecule has 1 fully saturated rings. The molecule has 15 heavy (non-hydrogen) atoms. The molecule has 0 aliphatic carbocycles. The summed E-state index contributed by atoms with van der Waals surface area (Å²) in [6.45, 7) is 6.21. The van der Waals surface area contributed by atoms with Crippen molar-refractivity contribution < 1.29 is 14.6 Å². The molecule has 1 aliphatic rings. The van der Waals surface area contributed by atoms with Gasteiger partial charge in [-0.3, -0.25) is 9.69 Å². The second kappa shape index (κ2) is 6.05. The number of carbonyl (C=O) groups is 1. The zero-order valence-corrected chi connectivity index (χ0v) is 9.40. The van der Waals surface area contributed by atoms with Crippen molar-refractivity contribution in [2.75, 3.05) is 32.8 Å². The summed E-state index contributed by atoms with van der Waals surface area (Å²) >= 11 is 0. The monoisotopic (exact) mass is 216 g/mol. The van der Waals surface area contributed by atoms with Gasteiger partial charge in [0.1, 0.15) is 0 Å². The Labute approximate surface area is 90.4 Å². The van der Waals surface area contributed by atoms with Gasteiger partial charge in [0, 0.05) is 19.1 Å². The number of aliphatic hydroxyl groups excluding tert-OH is 1. The SMILES string of the molecule is CC1CN(CC(=O)NCCO)C(C)CO1. The van der Waals surface area contributed by atoms with Crippen molar-refractivity contribution in [3.8, 4) is 0 Å². The number of hydrogen-bond acceptors (Lipinski definition) is 4. The highest BCUT2D eigenvalue weighted by Gasteiger charge is 2.24. The van der Waals surface area contributed by atoms with Crippen LogP contribution >= 0.6 is 0 Å². The van der Waals surface area contributed by atoms with Crippen LogP contribution in [-0.4, -0.2) is 60.9 Å². The molecule has 1 aliphatic heterocycles. The zero-order chi connectivity index (χ0) is 11.3. The third kappa shape index (κ3) is 4.15. The first-order chi connectivity index (χ1) is 7.13. The van der Waals surface area contributed by atoms with E-state index in [1.54, 1.807) is 0 Å². The van der Waals surface area contributed by atoms with E-state index in [4.69, 9.17) is 9.84 Å². The smallest absolute Gasteiger partial charge is 0.234 e. The van der Waals surface area contributed by atoms with Gasteiger partial charge < -0.3 is 15.2 Å². The lowest BCUT2D eigenvalue weighted by atomic mass is 10.2. The summed E-state index contributed by atoms with van der Waals surface area (Å²) in [6, 6.07) is 0.279. The van der Waals surface area contributed by atoms with Crippen molar-refractivity contribution in [2.45, 2.75) is 26.0 Å². The average Bonchev–Trinajstić information content (AvgIpc) is 2.20. The van der Waals surface area contributed by atoms with E-state index >= 15 is 0 Å². The van der Waals surface area contributed by atoms with Crippen LogP contribution < -0.4 is 5.32 Å². The molecule has 0 radical (unpaired) electrons. The molecule has 2 atom stereocenters. The normalized spacial score (nSPS) is 27.7. The van der Waals surface area contributed by atoms with Crippen molar-refractivity contribution >= 4 is 5.91 Å². The van der Waals surface area contributed by atoms with Crippen LogP contribution in [0.3, 0.4) is 0 Å². The van der Waals surface area contributed by atoms with Crippen molar-refractivity contribution in [1.29, 1.82) is 0 Å². The van der Waals surface area contributed by atoms with Crippen LogP contribution in [0.5, 0.6) is 0 Å². The molecular formula is C10H20N2O3. The maximum Gasteiger partial charge on any atom is 0.234 e. The van der Waals surface area contributed by atoms with Gasteiger partial charge in [-0.1, -0.05) is 0 Å². The van der Waals surface area contributed by atoms with Gasteiger partial charge in [0.2, 0.25) is 5.91 Å². The van der Waals surface area contributed by atoms with Crippen LogP contribution in [0.15, 0.2) is 0 Å². The molecule has 1 heterocycles. The van der Waals surface area contributed by atoms with Crippen molar-refractivity contribution in [3.63, 3.8) is 0 Å². The number of carbonyl (C=O) groups excluding carboxylic acids is 1. The quantitative estimate of drug-likeness (QED) is 0.646. The molecule has 0 saturated carbocycles. The van der Waals surface area contributed by atoms with Crippen LogP contribution in [-0.2, 0) is 9.53 Å². The van der Waals surface area contributed by atoms with Gasteiger partial charge in [0.05, 0.1) is 25.9 Å². The van der Waals surface area contributed by atoms with Crippen LogP contribution in [0.2, 0.25) is 0 Å². The van der Waals surface area contributed by atoms with Gasteiger partial charge in [-0.25, -0.2) is 0 Å². The van der Waals surface area contributed by atoms with Gasteiger partial charge in [-0.2, -0.15) is 0 Å². The summed E-state index contributed by atoms with van der Waals surface area (Å²) in [4.78, 5) is 13.5. The molecule has 1 amide bonds. The molecule has 1 rings (SSSR count). The van der Waals surface area contributed by atoms with E-state index in [1.807, 2.05) is 13.8 Å². The molecule has 0 spiro atoms. The molecule has 0 aromatic heterocycles. The zero-order valence-electron chi connectivity index (χ0n) is 9.40. The Bertz CT molecular complexity index is 211. The van der Waals surface area contributed by atoms with E-state index < -0.39 is 0 Å². The molecule has 0 bridgehead atoms. The van der Waals surface area contributed by atoms with E-state index in [0.717, 1.165) is 6.54 Å². The van der Waals surface area contributed by atoms with E-state index in [9.17, 15) is 4.79 Å². The molecule has 5 nitrogen and oxygen atoms in total. The highest BCUT2D eigenvalue weighted by atomic mass is 16.5. The third-order valence-electron chi connectivity index (χ3n) is 2.52. The molecular weight excluding hydrogens is 196 g/mol. The minimum Gasteiger partial charge on any atom is -0.395 e. The average molecular weight is 216 g/mol. The van der Waals surface area contributed by atoms with Gasteiger partial charge in [-0.15, -0.1) is 0 Å². The van der Waals surface area contributed by atoms with Crippen molar-refractivity contribution in [1.82, 2.24) is 10.2 Å². The lowest BCUT2D eigenvalue weighted by Gasteiger charge is -2.36. The molecule has 5 heteroatoms. The van der Waals surface area contributed by atoms with Crippen molar-refractivity contribution in [3.05, 3.63) is 0 Å². The predicted octanol–water partition coefficient (Wildman–Crippen LogP) is -0.796. The number of rotatable bonds is 4. The first-order valence-corrected chi connectivity index (χ1v) is 5.36. The van der Waals surface area contributed by atoms with E-state index in [2.05, 4.69) is 10.2 Å². The van der Waals surface area contributed by atoms with Gasteiger partial charge in [0.15, 0.2) is 0 Å². The van der Waals surface area contributed by atoms with Gasteiger partial charge in [-0.05, 0) is 13.8 Å². The van der Waals surface area contributed by atoms with E-state index in [0.29, 0.717) is 19.7 Å². The number of aliphatic hydroxyl groups is 1. The number of nitrogens with one attached hydrogen (secondary N) is 1. The summed E-state index contributed by atoms with van der Waals surface area (Å²) in [6.07, 6.45) is 0.187. The Hall–Kier alpha value is -0.650. The fraction of sp³-hybridized carbons (Fsp3) is 0.900. The number of hydrogen-bond donors (Lipinski definition) is 2. The summed E-state index contributed by atoms with van der Waals surface area (Å²) < 4.78 is 5.47. The second-order valence-corrected chi connectivity index (χ2v) is 4.00. The van der Waals surface area contributed by atoms with Crippen LogP contribution in [0.4, 0.5) is 0 Å². The van der Waals surface area contributed by atoms with E-state index in [1.165, 1.54) is 0 Å². The maximum absolute atomic E-state index is 11.4. The standard InChI is InChI=1S/C10H20N2O3/c1-8-7-15-9(2)5-12(8)6-10(14)11-3-4-13/h8-9,13H,3-7H2,1-2H3,(H,11,14). The Kier molecular flexibility index (Phi) is 5.01. The van der Waals surface area contributed by atoms with Gasteiger partial charge in [0.25, 0.3) is 0 Å². The van der Waals surface area contributed by atoms with Crippen LogP contribution in [0, 0.1) is 0 Å². The largest absolute Gasteiger partial charge is 0.395 e. The van der Waals surface area contributed by atoms with Crippen molar-refractivity contribution in [2.24, 2.45) is 0 Å². The Morgan fingerprint density at radius 2 is 2.33 bits per heavy atom. The molecule has 0 aromatic carbocycles. The number of nitrogens with zero attached hydrogens (tertiary/aromatic N) is 1.